The Hall–Kier alpha value is -3.56. The van der Waals surface area contributed by atoms with Gasteiger partial charge in [-0.05, 0) is 55.6 Å². The molecular formula is C33H40N2O6. The highest BCUT2D eigenvalue weighted by Gasteiger charge is 2.33. The van der Waals surface area contributed by atoms with Crippen molar-refractivity contribution in [1.29, 1.82) is 0 Å². The van der Waals surface area contributed by atoms with Crippen LogP contribution < -0.4 is 5.32 Å². The van der Waals surface area contributed by atoms with E-state index in [-0.39, 0.29) is 43.6 Å². The number of ether oxygens (including phenoxy) is 2. The molecule has 1 heterocycles. The third kappa shape index (κ3) is 8.96. The van der Waals surface area contributed by atoms with Crippen molar-refractivity contribution in [3.8, 4) is 0 Å². The number of carbonyl (C=O) groups excluding carboxylic acids is 1. The summed E-state index contributed by atoms with van der Waals surface area (Å²) in [5, 5.41) is 21.2. The number of aliphatic hydroxyl groups excluding tert-OH is 1. The monoisotopic (exact) mass is 560 g/mol. The summed E-state index contributed by atoms with van der Waals surface area (Å²) in [6.07, 6.45) is 1.01. The molecule has 1 amide bonds. The molecular weight excluding hydrogens is 520 g/mol. The molecule has 1 fully saturated rings. The third-order valence-corrected chi connectivity index (χ3v) is 7.54. The fraction of sp³-hybridized carbons (Fsp3) is 0.394. The number of aliphatic hydroxyl groups is 1. The largest absolute Gasteiger partial charge is 0.481 e. The molecule has 3 aromatic rings. The number of hydrogen-bond donors (Lipinski definition) is 3. The van der Waals surface area contributed by atoms with E-state index in [1.165, 1.54) is 5.56 Å². The molecule has 8 heteroatoms. The van der Waals surface area contributed by atoms with Gasteiger partial charge in [0.2, 0.25) is 5.91 Å². The van der Waals surface area contributed by atoms with Crippen LogP contribution in [0.25, 0.3) is 0 Å². The van der Waals surface area contributed by atoms with Gasteiger partial charge in [0.25, 0.3) is 0 Å². The fourth-order valence-electron chi connectivity index (χ4n) is 5.05. The first-order valence-corrected chi connectivity index (χ1v) is 14.2. The molecule has 0 radical (unpaired) electrons. The normalized spacial score (nSPS) is 19.6. The average molecular weight is 561 g/mol. The van der Waals surface area contributed by atoms with E-state index in [0.717, 1.165) is 16.7 Å². The van der Waals surface area contributed by atoms with E-state index in [2.05, 4.69) is 48.5 Å². The van der Waals surface area contributed by atoms with Crippen LogP contribution in [0.1, 0.15) is 79.7 Å². The molecule has 3 N–H and O–H groups in total. The van der Waals surface area contributed by atoms with Crippen molar-refractivity contribution in [1.82, 2.24) is 4.90 Å². The van der Waals surface area contributed by atoms with E-state index in [0.29, 0.717) is 31.5 Å². The highest BCUT2D eigenvalue weighted by molar-refractivity contribution is 5.90. The van der Waals surface area contributed by atoms with Crippen molar-refractivity contribution in [2.75, 3.05) is 18.9 Å². The molecule has 218 valence electrons. The van der Waals surface area contributed by atoms with Gasteiger partial charge in [0.15, 0.2) is 6.29 Å². The van der Waals surface area contributed by atoms with Crippen molar-refractivity contribution >= 4 is 17.6 Å². The summed E-state index contributed by atoms with van der Waals surface area (Å²) < 4.78 is 13.0. The lowest BCUT2D eigenvalue weighted by atomic mass is 9.99. The molecule has 1 saturated heterocycles. The second kappa shape index (κ2) is 14.9. The Balaban J connectivity index is 1.48. The smallest absolute Gasteiger partial charge is 0.303 e. The number of unbranched alkanes of at least 4 members (excludes halogenated alkanes) is 1. The maximum absolute atomic E-state index is 12.4. The summed E-state index contributed by atoms with van der Waals surface area (Å²) in [7, 11) is 2.10. The molecule has 4 rings (SSSR count). The van der Waals surface area contributed by atoms with Crippen molar-refractivity contribution < 1.29 is 29.3 Å². The number of anilines is 1. The minimum atomic E-state index is -0.854. The van der Waals surface area contributed by atoms with Crippen LogP contribution in [-0.2, 0) is 25.7 Å². The van der Waals surface area contributed by atoms with Gasteiger partial charge in [0.1, 0.15) is 0 Å². The molecule has 0 spiro atoms. The fourth-order valence-corrected chi connectivity index (χ4v) is 5.05. The number of aliphatic carboxylic acids is 1. The van der Waals surface area contributed by atoms with Crippen LogP contribution in [0, 0.1) is 0 Å². The molecule has 0 saturated carbocycles. The Morgan fingerprint density at radius 2 is 1.68 bits per heavy atom. The molecule has 0 unspecified atom stereocenters. The summed E-state index contributed by atoms with van der Waals surface area (Å²) in [6, 6.07) is 25.9. The zero-order valence-electron chi connectivity index (χ0n) is 23.7. The number of nitrogens with zero attached hydrogens (tertiary/aromatic N) is 1. The predicted octanol–water partition coefficient (Wildman–Crippen LogP) is 6.00. The zero-order chi connectivity index (χ0) is 29.2. The number of likely N-dealkylation sites (N-methyl/N-ethyl adjacent to an activating group) is 1. The first-order chi connectivity index (χ1) is 19.8. The maximum Gasteiger partial charge on any atom is 0.303 e. The molecule has 3 aromatic carbocycles. The van der Waals surface area contributed by atoms with E-state index in [4.69, 9.17) is 14.6 Å². The lowest BCUT2D eigenvalue weighted by Gasteiger charge is -2.39. The van der Waals surface area contributed by atoms with Crippen LogP contribution in [0.2, 0.25) is 0 Å². The lowest BCUT2D eigenvalue weighted by Crippen LogP contribution is -2.38. The summed E-state index contributed by atoms with van der Waals surface area (Å²) in [5.41, 5.74) is 4.54. The SMILES string of the molecule is C[C@@H](c1ccccc1)N(C)C[C@@H]1C[C@H](c2ccc(CO)cc2)O[C@H](c2cccc(NC(=O)CCCCC(=O)O)c2)O1. The Morgan fingerprint density at radius 1 is 0.951 bits per heavy atom. The Labute approximate surface area is 241 Å². The van der Waals surface area contributed by atoms with Crippen LogP contribution >= 0.6 is 0 Å². The molecule has 0 aliphatic carbocycles. The van der Waals surface area contributed by atoms with Gasteiger partial charge >= 0.3 is 5.97 Å². The van der Waals surface area contributed by atoms with Gasteiger partial charge in [-0.2, -0.15) is 0 Å². The van der Waals surface area contributed by atoms with Crippen molar-refractivity contribution in [3.63, 3.8) is 0 Å². The van der Waals surface area contributed by atoms with Crippen molar-refractivity contribution in [2.24, 2.45) is 0 Å². The van der Waals surface area contributed by atoms with Gasteiger partial charge in [0, 0.05) is 43.1 Å². The van der Waals surface area contributed by atoms with Gasteiger partial charge in [-0.1, -0.05) is 66.7 Å². The Morgan fingerprint density at radius 3 is 2.39 bits per heavy atom. The third-order valence-electron chi connectivity index (χ3n) is 7.54. The van der Waals surface area contributed by atoms with Crippen molar-refractivity contribution in [3.05, 3.63) is 101 Å². The number of rotatable bonds is 13. The topological polar surface area (TPSA) is 108 Å². The van der Waals surface area contributed by atoms with E-state index < -0.39 is 12.3 Å². The summed E-state index contributed by atoms with van der Waals surface area (Å²) >= 11 is 0. The second-order valence-corrected chi connectivity index (χ2v) is 10.7. The number of nitrogens with one attached hydrogen (secondary N) is 1. The number of hydrogen-bond acceptors (Lipinski definition) is 6. The molecule has 0 bridgehead atoms. The minimum Gasteiger partial charge on any atom is -0.481 e. The predicted molar refractivity (Wildman–Crippen MR) is 157 cm³/mol. The van der Waals surface area contributed by atoms with E-state index in [9.17, 15) is 14.7 Å². The number of carboxylic acids is 1. The van der Waals surface area contributed by atoms with Crippen LogP contribution in [-0.4, -0.2) is 46.7 Å². The first-order valence-electron chi connectivity index (χ1n) is 14.2. The molecule has 1 aliphatic rings. The number of amides is 1. The summed E-state index contributed by atoms with van der Waals surface area (Å²) in [4.78, 5) is 25.4. The quantitative estimate of drug-likeness (QED) is 0.220. The standard InChI is InChI=1S/C33H40N2O6/c1-23(25-9-4-3-5-10-25)35(2)21-29-20-30(26-17-15-24(22-36)16-18-26)41-33(40-29)27-11-8-12-28(19-27)34-31(37)13-6-7-14-32(38)39/h3-5,8-12,15-19,23,29-30,33,36H,6-7,13-14,20-22H2,1-2H3,(H,34,37)(H,38,39)/t23-,29-,30+,33+/m0/s1. The van der Waals surface area contributed by atoms with E-state index in [1.54, 1.807) is 0 Å². The van der Waals surface area contributed by atoms with Gasteiger partial charge < -0.3 is 25.0 Å². The number of carbonyl (C=O) groups is 2. The summed E-state index contributed by atoms with van der Waals surface area (Å²) in [6.45, 7) is 2.87. The van der Waals surface area contributed by atoms with Gasteiger partial charge in [-0.3, -0.25) is 14.5 Å². The van der Waals surface area contributed by atoms with E-state index >= 15 is 0 Å². The Bertz CT molecular complexity index is 1270. The van der Waals surface area contributed by atoms with E-state index in [1.807, 2.05) is 54.6 Å². The van der Waals surface area contributed by atoms with Gasteiger partial charge in [-0.25, -0.2) is 0 Å². The highest BCUT2D eigenvalue weighted by atomic mass is 16.7. The molecule has 4 atom stereocenters. The zero-order valence-corrected chi connectivity index (χ0v) is 23.7. The molecule has 1 aliphatic heterocycles. The first kappa shape index (κ1) is 30.4. The van der Waals surface area contributed by atoms with Crippen LogP contribution in [0.15, 0.2) is 78.9 Å². The Kier molecular flexibility index (Phi) is 11.0. The van der Waals surface area contributed by atoms with Crippen LogP contribution in [0.4, 0.5) is 5.69 Å². The van der Waals surface area contributed by atoms with Gasteiger partial charge in [0.05, 0.1) is 18.8 Å². The molecule has 8 nitrogen and oxygen atoms in total. The lowest BCUT2D eigenvalue weighted by molar-refractivity contribution is -0.253. The maximum atomic E-state index is 12.4. The molecule has 41 heavy (non-hydrogen) atoms. The second-order valence-electron chi connectivity index (χ2n) is 10.7. The van der Waals surface area contributed by atoms with Gasteiger partial charge in [-0.15, -0.1) is 0 Å². The summed E-state index contributed by atoms with van der Waals surface area (Å²) in [5.74, 6) is -1.01. The highest BCUT2D eigenvalue weighted by Crippen LogP contribution is 2.39. The van der Waals surface area contributed by atoms with Crippen LogP contribution in [0.3, 0.4) is 0 Å². The van der Waals surface area contributed by atoms with Crippen LogP contribution in [0.5, 0.6) is 0 Å². The average Bonchev–Trinajstić information content (AvgIpc) is 2.99. The number of carboxylic acid groups (broad SMARTS) is 1. The van der Waals surface area contributed by atoms with Crippen molar-refractivity contribution in [2.45, 2.75) is 70.2 Å². The number of benzene rings is 3. The molecule has 0 aromatic heterocycles. The minimum absolute atomic E-state index is 0.0135.